The standard InChI is InChI=1S/C20H30N2O2/c1-14(2)21-19(24)17-13-22(18(23)11-20(3,4)5)12-16(17)15-9-7-6-8-10-15/h6-10,14,16-17H,11-13H2,1-5H3,(H,21,24)/t16-,17-/m0/s1. The maximum atomic E-state index is 12.6. The van der Waals surface area contributed by atoms with Gasteiger partial charge in [0.1, 0.15) is 0 Å². The summed E-state index contributed by atoms with van der Waals surface area (Å²) in [7, 11) is 0. The zero-order chi connectivity index (χ0) is 17.9. The van der Waals surface area contributed by atoms with Crippen LogP contribution in [0.1, 0.15) is 52.5 Å². The summed E-state index contributed by atoms with van der Waals surface area (Å²) in [6.45, 7) is 11.3. The molecule has 1 aliphatic heterocycles. The molecule has 2 amide bonds. The van der Waals surface area contributed by atoms with Crippen molar-refractivity contribution < 1.29 is 9.59 Å². The highest BCUT2D eigenvalue weighted by Crippen LogP contribution is 2.34. The molecule has 24 heavy (non-hydrogen) atoms. The third kappa shape index (κ3) is 4.83. The van der Waals surface area contributed by atoms with Crippen molar-refractivity contribution in [1.29, 1.82) is 0 Å². The second-order valence-corrected chi connectivity index (χ2v) is 8.32. The van der Waals surface area contributed by atoms with Crippen LogP contribution < -0.4 is 5.32 Å². The molecular weight excluding hydrogens is 300 g/mol. The number of carbonyl (C=O) groups is 2. The SMILES string of the molecule is CC(C)NC(=O)[C@H]1CN(C(=O)CC(C)(C)C)C[C@H]1c1ccccc1. The van der Waals surface area contributed by atoms with Crippen LogP contribution >= 0.6 is 0 Å². The minimum absolute atomic E-state index is 0.0440. The second-order valence-electron chi connectivity index (χ2n) is 8.32. The first-order valence-corrected chi connectivity index (χ1v) is 8.80. The molecule has 1 saturated heterocycles. The van der Waals surface area contributed by atoms with Crippen molar-refractivity contribution in [1.82, 2.24) is 10.2 Å². The predicted octanol–water partition coefficient (Wildman–Crippen LogP) is 3.19. The van der Waals surface area contributed by atoms with Gasteiger partial charge in [-0.15, -0.1) is 0 Å². The van der Waals surface area contributed by atoms with Crippen molar-refractivity contribution in [3.05, 3.63) is 35.9 Å². The van der Waals surface area contributed by atoms with Gasteiger partial charge in [-0.2, -0.15) is 0 Å². The fraction of sp³-hybridized carbons (Fsp3) is 0.600. The van der Waals surface area contributed by atoms with Gasteiger partial charge in [-0.3, -0.25) is 9.59 Å². The van der Waals surface area contributed by atoms with E-state index in [1.54, 1.807) is 0 Å². The number of amides is 2. The monoisotopic (exact) mass is 330 g/mol. The van der Waals surface area contributed by atoms with E-state index in [1.807, 2.05) is 36.9 Å². The second kappa shape index (κ2) is 7.37. The van der Waals surface area contributed by atoms with Gasteiger partial charge in [0.25, 0.3) is 0 Å². The lowest BCUT2D eigenvalue weighted by Crippen LogP contribution is -2.39. The maximum Gasteiger partial charge on any atom is 0.225 e. The molecule has 132 valence electrons. The molecule has 0 aliphatic carbocycles. The van der Waals surface area contributed by atoms with Crippen molar-refractivity contribution in [3.63, 3.8) is 0 Å². The maximum absolute atomic E-state index is 12.6. The summed E-state index contributed by atoms with van der Waals surface area (Å²) in [6, 6.07) is 10.2. The van der Waals surface area contributed by atoms with Crippen LogP contribution in [0.3, 0.4) is 0 Å². The van der Waals surface area contributed by atoms with E-state index < -0.39 is 0 Å². The molecule has 0 radical (unpaired) electrons. The van der Waals surface area contributed by atoms with E-state index in [4.69, 9.17) is 0 Å². The Balaban J connectivity index is 2.19. The van der Waals surface area contributed by atoms with Crippen molar-refractivity contribution in [2.75, 3.05) is 13.1 Å². The molecule has 1 aliphatic rings. The van der Waals surface area contributed by atoms with E-state index in [-0.39, 0.29) is 35.1 Å². The van der Waals surface area contributed by atoms with Gasteiger partial charge in [-0.1, -0.05) is 51.1 Å². The summed E-state index contributed by atoms with van der Waals surface area (Å²) in [6.07, 6.45) is 0.507. The van der Waals surface area contributed by atoms with Crippen LogP contribution in [-0.2, 0) is 9.59 Å². The highest BCUT2D eigenvalue weighted by molar-refractivity contribution is 5.83. The summed E-state index contributed by atoms with van der Waals surface area (Å²) in [5, 5.41) is 3.02. The van der Waals surface area contributed by atoms with Gasteiger partial charge in [0.2, 0.25) is 11.8 Å². The fourth-order valence-electron chi connectivity index (χ4n) is 3.27. The van der Waals surface area contributed by atoms with E-state index in [0.29, 0.717) is 19.5 Å². The zero-order valence-electron chi connectivity index (χ0n) is 15.5. The number of carbonyl (C=O) groups excluding carboxylic acids is 2. The molecule has 1 heterocycles. The van der Waals surface area contributed by atoms with Gasteiger partial charge in [-0.05, 0) is 24.8 Å². The van der Waals surface area contributed by atoms with Crippen LogP contribution in [0, 0.1) is 11.3 Å². The molecule has 1 N–H and O–H groups in total. The van der Waals surface area contributed by atoms with Gasteiger partial charge in [0, 0.05) is 31.5 Å². The topological polar surface area (TPSA) is 49.4 Å². The molecular formula is C20H30N2O2. The zero-order valence-corrected chi connectivity index (χ0v) is 15.5. The first kappa shape index (κ1) is 18.5. The Morgan fingerprint density at radius 2 is 1.79 bits per heavy atom. The van der Waals surface area contributed by atoms with Crippen LogP contribution in [0.25, 0.3) is 0 Å². The summed E-state index contributed by atoms with van der Waals surface area (Å²) < 4.78 is 0. The van der Waals surface area contributed by atoms with E-state index in [0.717, 1.165) is 5.56 Å². The van der Waals surface area contributed by atoms with Gasteiger partial charge >= 0.3 is 0 Å². The molecule has 1 aromatic carbocycles. The average molecular weight is 330 g/mol. The first-order chi connectivity index (χ1) is 11.2. The summed E-state index contributed by atoms with van der Waals surface area (Å²) >= 11 is 0. The Labute approximate surface area is 145 Å². The first-order valence-electron chi connectivity index (χ1n) is 8.80. The quantitative estimate of drug-likeness (QED) is 0.922. The molecule has 0 unspecified atom stereocenters. The van der Waals surface area contributed by atoms with Crippen molar-refractivity contribution in [3.8, 4) is 0 Å². The van der Waals surface area contributed by atoms with Gasteiger partial charge in [-0.25, -0.2) is 0 Å². The van der Waals surface area contributed by atoms with Gasteiger partial charge in [0.15, 0.2) is 0 Å². The molecule has 0 bridgehead atoms. The van der Waals surface area contributed by atoms with E-state index >= 15 is 0 Å². The smallest absolute Gasteiger partial charge is 0.225 e. The Kier molecular flexibility index (Phi) is 5.68. The lowest BCUT2D eigenvalue weighted by Gasteiger charge is -2.23. The number of nitrogens with one attached hydrogen (secondary N) is 1. The summed E-state index contributed by atoms with van der Waals surface area (Å²) in [5.41, 5.74) is 1.09. The molecule has 1 fully saturated rings. The van der Waals surface area contributed by atoms with Crippen LogP contribution in [0.2, 0.25) is 0 Å². The highest BCUT2D eigenvalue weighted by Gasteiger charge is 2.40. The van der Waals surface area contributed by atoms with Crippen LogP contribution in [-0.4, -0.2) is 35.8 Å². The number of likely N-dealkylation sites (tertiary alicyclic amines) is 1. The Bertz CT molecular complexity index is 575. The minimum Gasteiger partial charge on any atom is -0.354 e. The molecule has 0 saturated carbocycles. The number of rotatable bonds is 4. The van der Waals surface area contributed by atoms with Crippen molar-refractivity contribution in [2.45, 2.75) is 53.0 Å². The van der Waals surface area contributed by atoms with Crippen LogP contribution in [0.15, 0.2) is 30.3 Å². The van der Waals surface area contributed by atoms with Crippen molar-refractivity contribution in [2.24, 2.45) is 11.3 Å². The number of hydrogen-bond acceptors (Lipinski definition) is 2. The molecule has 2 atom stereocenters. The molecule has 0 aromatic heterocycles. The van der Waals surface area contributed by atoms with E-state index in [2.05, 4.69) is 38.2 Å². The van der Waals surface area contributed by atoms with Gasteiger partial charge < -0.3 is 10.2 Å². The molecule has 0 spiro atoms. The number of hydrogen-bond donors (Lipinski definition) is 1. The molecule has 4 heteroatoms. The molecule has 1 aromatic rings. The largest absolute Gasteiger partial charge is 0.354 e. The Hall–Kier alpha value is -1.84. The number of nitrogens with zero attached hydrogens (tertiary/aromatic N) is 1. The van der Waals surface area contributed by atoms with Crippen molar-refractivity contribution >= 4 is 11.8 Å². The average Bonchev–Trinajstić information content (AvgIpc) is 2.91. The number of benzene rings is 1. The van der Waals surface area contributed by atoms with Crippen LogP contribution in [0.4, 0.5) is 0 Å². The minimum atomic E-state index is -0.182. The van der Waals surface area contributed by atoms with E-state index in [9.17, 15) is 9.59 Å². The normalized spacial score (nSPS) is 21.2. The van der Waals surface area contributed by atoms with E-state index in [1.165, 1.54) is 0 Å². The summed E-state index contributed by atoms with van der Waals surface area (Å²) in [4.78, 5) is 27.1. The third-order valence-electron chi connectivity index (χ3n) is 4.35. The Morgan fingerprint density at radius 3 is 2.33 bits per heavy atom. The third-order valence-corrected chi connectivity index (χ3v) is 4.35. The Morgan fingerprint density at radius 1 is 1.17 bits per heavy atom. The highest BCUT2D eigenvalue weighted by atomic mass is 16.2. The summed E-state index contributed by atoms with van der Waals surface area (Å²) in [5.74, 6) is 0.0702. The predicted molar refractivity (Wildman–Crippen MR) is 96.6 cm³/mol. The van der Waals surface area contributed by atoms with Crippen LogP contribution in [0.5, 0.6) is 0 Å². The van der Waals surface area contributed by atoms with Gasteiger partial charge in [0.05, 0.1) is 5.92 Å². The lowest BCUT2D eigenvalue weighted by atomic mass is 9.88. The fourth-order valence-corrected chi connectivity index (χ4v) is 3.27. The molecule has 4 nitrogen and oxygen atoms in total. The lowest BCUT2D eigenvalue weighted by molar-refractivity contribution is -0.132. The molecule has 2 rings (SSSR count).